The van der Waals surface area contributed by atoms with E-state index in [1.807, 2.05) is 19.0 Å². The van der Waals surface area contributed by atoms with Crippen molar-refractivity contribution in [2.24, 2.45) is 0 Å². The van der Waals surface area contributed by atoms with E-state index in [4.69, 9.17) is 18.0 Å². The van der Waals surface area contributed by atoms with Crippen molar-refractivity contribution < 1.29 is 4.79 Å². The van der Waals surface area contributed by atoms with Crippen molar-refractivity contribution in [1.82, 2.24) is 5.32 Å². The Bertz CT molecular complexity index is 466. The van der Waals surface area contributed by atoms with Crippen molar-refractivity contribution in [3.05, 3.63) is 23.2 Å². The molecule has 1 aromatic rings. The summed E-state index contributed by atoms with van der Waals surface area (Å²) in [6.45, 7) is 0.535. The summed E-state index contributed by atoms with van der Waals surface area (Å²) in [4.78, 5) is 13.5. The average Bonchev–Trinajstić information content (AvgIpc) is 2.28. The van der Waals surface area contributed by atoms with E-state index in [2.05, 4.69) is 16.6 Å². The van der Waals surface area contributed by atoms with E-state index in [1.54, 1.807) is 18.2 Å². The number of para-hydroxylation sites is 1. The van der Waals surface area contributed by atoms with Gasteiger partial charge in [0.05, 0.1) is 29.5 Å². The zero-order valence-electron chi connectivity index (χ0n) is 10.5. The molecule has 0 aliphatic carbocycles. The fourth-order valence-electron chi connectivity index (χ4n) is 1.51. The van der Waals surface area contributed by atoms with Gasteiger partial charge >= 0.3 is 0 Å². The molecule has 1 rings (SSSR count). The lowest BCUT2D eigenvalue weighted by molar-refractivity contribution is -0.115. The number of nitrogens with one attached hydrogen (secondary N) is 2. The summed E-state index contributed by atoms with van der Waals surface area (Å²) in [5.74, 6) is 2.25. The lowest BCUT2D eigenvalue weighted by Gasteiger charge is -2.19. The van der Waals surface area contributed by atoms with E-state index in [9.17, 15) is 4.79 Å². The van der Waals surface area contributed by atoms with Gasteiger partial charge in [-0.25, -0.2) is 0 Å². The number of carbonyl (C=O) groups is 1. The highest BCUT2D eigenvalue weighted by Crippen LogP contribution is 2.32. The first-order valence-corrected chi connectivity index (χ1v) is 5.84. The molecule has 0 aliphatic heterocycles. The molecule has 0 saturated heterocycles. The molecule has 0 bridgehead atoms. The molecule has 5 heteroatoms. The second-order valence-electron chi connectivity index (χ2n) is 3.89. The Morgan fingerprint density at radius 3 is 2.83 bits per heavy atom. The first-order chi connectivity index (χ1) is 8.56. The van der Waals surface area contributed by atoms with E-state index in [0.717, 1.165) is 5.69 Å². The van der Waals surface area contributed by atoms with E-state index in [-0.39, 0.29) is 12.5 Å². The van der Waals surface area contributed by atoms with Crippen LogP contribution in [0.2, 0.25) is 5.02 Å². The number of anilines is 2. The topological polar surface area (TPSA) is 44.4 Å². The van der Waals surface area contributed by atoms with Gasteiger partial charge in [0.1, 0.15) is 0 Å². The van der Waals surface area contributed by atoms with E-state index >= 15 is 0 Å². The predicted molar refractivity (Wildman–Crippen MR) is 76.1 cm³/mol. The second kappa shape index (κ2) is 6.90. The third-order valence-corrected chi connectivity index (χ3v) is 2.53. The number of rotatable bonds is 5. The summed E-state index contributed by atoms with van der Waals surface area (Å²) in [5.41, 5.74) is 1.46. The van der Waals surface area contributed by atoms with Crippen LogP contribution < -0.4 is 15.5 Å². The summed E-state index contributed by atoms with van der Waals surface area (Å²) in [6.07, 6.45) is 5.08. The molecule has 0 saturated carbocycles. The molecule has 4 nitrogen and oxygen atoms in total. The molecule has 0 atom stereocenters. The fraction of sp³-hybridized carbons (Fsp3) is 0.308. The molecule has 0 aromatic heterocycles. The van der Waals surface area contributed by atoms with Gasteiger partial charge in [0, 0.05) is 14.1 Å². The smallest absolute Gasteiger partial charge is 0.238 e. The highest BCUT2D eigenvalue weighted by atomic mass is 35.5. The number of terminal acetylenes is 1. The molecule has 2 N–H and O–H groups in total. The van der Waals surface area contributed by atoms with E-state index in [1.165, 1.54) is 0 Å². The minimum atomic E-state index is -0.157. The second-order valence-corrected chi connectivity index (χ2v) is 4.29. The molecule has 0 aliphatic rings. The van der Waals surface area contributed by atoms with Gasteiger partial charge in [-0.3, -0.25) is 10.1 Å². The number of benzene rings is 1. The van der Waals surface area contributed by atoms with Crippen molar-refractivity contribution in [3.8, 4) is 12.3 Å². The average molecular weight is 266 g/mol. The Morgan fingerprint density at radius 2 is 2.22 bits per heavy atom. The number of hydrogen-bond acceptors (Lipinski definition) is 3. The zero-order chi connectivity index (χ0) is 13.5. The van der Waals surface area contributed by atoms with Crippen LogP contribution in [0.25, 0.3) is 0 Å². The Hall–Kier alpha value is -1.70. The number of amides is 1. The highest BCUT2D eigenvalue weighted by Gasteiger charge is 2.11. The molecule has 1 amide bonds. The van der Waals surface area contributed by atoms with Crippen molar-refractivity contribution in [3.63, 3.8) is 0 Å². The zero-order valence-corrected chi connectivity index (χ0v) is 11.2. The van der Waals surface area contributed by atoms with E-state index in [0.29, 0.717) is 17.3 Å². The maximum atomic E-state index is 11.7. The maximum absolute atomic E-state index is 11.7. The molecule has 0 fully saturated rings. The maximum Gasteiger partial charge on any atom is 0.238 e. The predicted octanol–water partition coefficient (Wildman–Crippen LogP) is 1.57. The third-order valence-electron chi connectivity index (χ3n) is 2.22. The quantitative estimate of drug-likeness (QED) is 0.627. The number of carbonyl (C=O) groups excluding carboxylic acids is 1. The van der Waals surface area contributed by atoms with Crippen LogP contribution in [0.1, 0.15) is 0 Å². The Labute approximate surface area is 112 Å². The van der Waals surface area contributed by atoms with Crippen LogP contribution in [0.15, 0.2) is 18.2 Å². The normalized spacial score (nSPS) is 9.67. The largest absolute Gasteiger partial charge is 0.375 e. The van der Waals surface area contributed by atoms with Gasteiger partial charge in [-0.2, -0.15) is 0 Å². The minimum absolute atomic E-state index is 0.157. The summed E-state index contributed by atoms with van der Waals surface area (Å²) >= 11 is 6.10. The van der Waals surface area contributed by atoms with Crippen molar-refractivity contribution in [1.29, 1.82) is 0 Å². The van der Waals surface area contributed by atoms with Crippen LogP contribution in [-0.2, 0) is 4.79 Å². The molecule has 96 valence electrons. The molecule has 0 spiro atoms. The summed E-state index contributed by atoms with van der Waals surface area (Å²) in [6, 6.07) is 5.38. The van der Waals surface area contributed by atoms with Crippen LogP contribution in [0.3, 0.4) is 0 Å². The van der Waals surface area contributed by atoms with Gasteiger partial charge < -0.3 is 10.2 Å². The first kappa shape index (κ1) is 14.4. The third kappa shape index (κ3) is 3.95. The first-order valence-electron chi connectivity index (χ1n) is 5.46. The molecule has 18 heavy (non-hydrogen) atoms. The molecule has 0 unspecified atom stereocenters. The van der Waals surface area contributed by atoms with Gasteiger partial charge in [-0.1, -0.05) is 23.6 Å². The molecular formula is C13H16ClN3O. The lowest BCUT2D eigenvalue weighted by Crippen LogP contribution is -2.28. The fourth-order valence-corrected chi connectivity index (χ4v) is 1.86. The highest BCUT2D eigenvalue weighted by molar-refractivity contribution is 6.34. The number of hydrogen-bond donors (Lipinski definition) is 2. The van der Waals surface area contributed by atoms with Gasteiger partial charge in [0.25, 0.3) is 0 Å². The Morgan fingerprint density at radius 1 is 1.50 bits per heavy atom. The van der Waals surface area contributed by atoms with Crippen LogP contribution >= 0.6 is 11.6 Å². The SMILES string of the molecule is C#CCNCC(=O)Nc1cccc(Cl)c1N(C)C. The van der Waals surface area contributed by atoms with Crippen LogP contribution in [0.5, 0.6) is 0 Å². The van der Waals surface area contributed by atoms with Crippen molar-refractivity contribution >= 4 is 28.9 Å². The summed E-state index contributed by atoms with van der Waals surface area (Å²) in [5, 5.41) is 6.21. The van der Waals surface area contributed by atoms with Gasteiger partial charge in [0.2, 0.25) is 5.91 Å². The van der Waals surface area contributed by atoms with Crippen LogP contribution in [-0.4, -0.2) is 33.1 Å². The van der Waals surface area contributed by atoms with Crippen molar-refractivity contribution in [2.75, 3.05) is 37.4 Å². The van der Waals surface area contributed by atoms with Gasteiger partial charge in [-0.05, 0) is 12.1 Å². The van der Waals surface area contributed by atoms with Gasteiger partial charge in [0.15, 0.2) is 0 Å². The molecular weight excluding hydrogens is 250 g/mol. The summed E-state index contributed by atoms with van der Waals surface area (Å²) < 4.78 is 0. The monoisotopic (exact) mass is 265 g/mol. The van der Waals surface area contributed by atoms with E-state index < -0.39 is 0 Å². The standard InChI is InChI=1S/C13H16ClN3O/c1-4-8-15-9-12(18)16-11-7-5-6-10(14)13(11)17(2)3/h1,5-7,15H,8-9H2,2-3H3,(H,16,18). The molecule has 0 heterocycles. The Kier molecular flexibility index (Phi) is 5.50. The number of halogens is 1. The lowest BCUT2D eigenvalue weighted by atomic mass is 10.2. The Balaban J connectivity index is 2.76. The van der Waals surface area contributed by atoms with Crippen LogP contribution in [0.4, 0.5) is 11.4 Å². The van der Waals surface area contributed by atoms with Crippen LogP contribution in [0, 0.1) is 12.3 Å². The van der Waals surface area contributed by atoms with Crippen molar-refractivity contribution in [2.45, 2.75) is 0 Å². The summed E-state index contributed by atoms with van der Waals surface area (Å²) in [7, 11) is 3.74. The minimum Gasteiger partial charge on any atom is -0.375 e. The van der Waals surface area contributed by atoms with Gasteiger partial charge in [-0.15, -0.1) is 6.42 Å². The molecule has 1 aromatic carbocycles. The number of nitrogens with zero attached hydrogens (tertiary/aromatic N) is 1. The molecule has 0 radical (unpaired) electrons.